The summed E-state index contributed by atoms with van der Waals surface area (Å²) >= 11 is 3.50. The van der Waals surface area contributed by atoms with Crippen molar-refractivity contribution in [2.45, 2.75) is 25.9 Å². The molecule has 1 atom stereocenters. The van der Waals surface area contributed by atoms with Crippen LogP contribution >= 0.6 is 15.9 Å². The number of nitrogens with one attached hydrogen (secondary N) is 1. The van der Waals surface area contributed by atoms with Crippen LogP contribution in [0.25, 0.3) is 0 Å². The quantitative estimate of drug-likeness (QED) is 0.784. The van der Waals surface area contributed by atoms with Gasteiger partial charge in [-0.05, 0) is 49.8 Å². The summed E-state index contributed by atoms with van der Waals surface area (Å²) in [5, 5.41) is 3.70. The van der Waals surface area contributed by atoms with Gasteiger partial charge in [-0.25, -0.2) is 0 Å². The Labute approximate surface area is 136 Å². The molecule has 0 radical (unpaired) electrons. The highest BCUT2D eigenvalue weighted by molar-refractivity contribution is 9.10. The fourth-order valence-electron chi connectivity index (χ4n) is 2.44. The van der Waals surface area contributed by atoms with Gasteiger partial charge in [0, 0.05) is 16.7 Å². The Morgan fingerprint density at radius 2 is 1.71 bits per heavy atom. The van der Waals surface area contributed by atoms with Crippen molar-refractivity contribution in [2.24, 2.45) is 0 Å². The van der Waals surface area contributed by atoms with Crippen molar-refractivity contribution in [3.8, 4) is 0 Å². The van der Waals surface area contributed by atoms with Crippen molar-refractivity contribution in [3.05, 3.63) is 64.1 Å². The van der Waals surface area contributed by atoms with Crippen molar-refractivity contribution in [2.75, 3.05) is 19.4 Å². The van der Waals surface area contributed by atoms with E-state index in [0.29, 0.717) is 6.04 Å². The maximum absolute atomic E-state index is 3.70. The standard InChI is InChI=1S/C18H23BrN2/c1-4-17(14-9-11-16(19)12-10-14)20-18-8-6-5-7-15(18)13-21(2)3/h5-12,17,20H,4,13H2,1-3H3. The average Bonchev–Trinajstić information content (AvgIpc) is 2.47. The minimum absolute atomic E-state index is 0.335. The van der Waals surface area contributed by atoms with Crippen LogP contribution in [0.15, 0.2) is 53.0 Å². The summed E-state index contributed by atoms with van der Waals surface area (Å²) in [5.41, 5.74) is 3.87. The van der Waals surface area contributed by atoms with Gasteiger partial charge in [0.2, 0.25) is 0 Å². The second kappa shape index (κ2) is 7.62. The van der Waals surface area contributed by atoms with Crippen LogP contribution in [-0.2, 0) is 6.54 Å². The van der Waals surface area contributed by atoms with Gasteiger partial charge in [0.05, 0.1) is 6.04 Å². The molecule has 3 heteroatoms. The molecule has 0 heterocycles. The molecule has 0 fully saturated rings. The molecule has 1 N–H and O–H groups in total. The third kappa shape index (κ3) is 4.58. The van der Waals surface area contributed by atoms with Crippen LogP contribution in [0.5, 0.6) is 0 Å². The van der Waals surface area contributed by atoms with Gasteiger partial charge in [0.25, 0.3) is 0 Å². The molecular weight excluding hydrogens is 324 g/mol. The van der Waals surface area contributed by atoms with Crippen LogP contribution < -0.4 is 5.32 Å². The van der Waals surface area contributed by atoms with Gasteiger partial charge < -0.3 is 10.2 Å². The zero-order valence-corrected chi connectivity index (χ0v) is 14.5. The Balaban J connectivity index is 2.20. The van der Waals surface area contributed by atoms with Crippen LogP contribution in [0.4, 0.5) is 5.69 Å². The van der Waals surface area contributed by atoms with E-state index in [2.05, 4.69) is 95.7 Å². The lowest BCUT2D eigenvalue weighted by molar-refractivity contribution is 0.403. The molecule has 2 rings (SSSR count). The normalized spacial score (nSPS) is 12.4. The second-order valence-electron chi connectivity index (χ2n) is 5.55. The third-order valence-electron chi connectivity index (χ3n) is 3.51. The monoisotopic (exact) mass is 346 g/mol. The summed E-state index contributed by atoms with van der Waals surface area (Å²) in [7, 11) is 4.20. The number of rotatable bonds is 6. The number of hydrogen-bond donors (Lipinski definition) is 1. The van der Waals surface area contributed by atoms with Gasteiger partial charge in [-0.3, -0.25) is 0 Å². The highest BCUT2D eigenvalue weighted by atomic mass is 79.9. The fourth-order valence-corrected chi connectivity index (χ4v) is 2.71. The average molecular weight is 347 g/mol. The van der Waals surface area contributed by atoms with E-state index in [-0.39, 0.29) is 0 Å². The maximum atomic E-state index is 3.70. The molecule has 0 aliphatic rings. The summed E-state index contributed by atoms with van der Waals surface area (Å²) < 4.78 is 1.12. The molecule has 0 spiro atoms. The lowest BCUT2D eigenvalue weighted by Crippen LogP contribution is -2.15. The van der Waals surface area contributed by atoms with Crippen LogP contribution in [0.1, 0.15) is 30.5 Å². The van der Waals surface area contributed by atoms with Gasteiger partial charge in [0.15, 0.2) is 0 Å². The predicted octanol–water partition coefficient (Wildman–Crippen LogP) is 5.07. The zero-order valence-electron chi connectivity index (χ0n) is 12.9. The first-order chi connectivity index (χ1) is 10.1. The molecule has 2 aromatic carbocycles. The Kier molecular flexibility index (Phi) is 5.83. The van der Waals surface area contributed by atoms with Gasteiger partial charge in [-0.2, -0.15) is 0 Å². The Morgan fingerprint density at radius 3 is 2.33 bits per heavy atom. The van der Waals surface area contributed by atoms with Crippen LogP contribution in [0.2, 0.25) is 0 Å². The number of hydrogen-bond acceptors (Lipinski definition) is 2. The molecule has 0 saturated carbocycles. The van der Waals surface area contributed by atoms with Gasteiger partial charge in [0.1, 0.15) is 0 Å². The van der Waals surface area contributed by atoms with E-state index in [9.17, 15) is 0 Å². The van der Waals surface area contributed by atoms with Crippen molar-refractivity contribution in [1.82, 2.24) is 4.90 Å². The molecule has 2 aromatic rings. The zero-order chi connectivity index (χ0) is 15.2. The minimum Gasteiger partial charge on any atom is -0.378 e. The van der Waals surface area contributed by atoms with E-state index < -0.39 is 0 Å². The molecule has 2 nitrogen and oxygen atoms in total. The number of anilines is 1. The molecule has 0 amide bonds. The summed E-state index contributed by atoms with van der Waals surface area (Å²) in [6.45, 7) is 3.16. The molecule has 0 aliphatic carbocycles. The summed E-state index contributed by atoms with van der Waals surface area (Å²) in [6, 6.07) is 17.5. The Morgan fingerprint density at radius 1 is 1.05 bits per heavy atom. The van der Waals surface area contributed by atoms with Crippen LogP contribution in [0, 0.1) is 0 Å². The summed E-state index contributed by atoms with van der Waals surface area (Å²) in [4.78, 5) is 2.20. The van der Waals surface area contributed by atoms with Crippen molar-refractivity contribution in [3.63, 3.8) is 0 Å². The van der Waals surface area contributed by atoms with Gasteiger partial charge in [-0.1, -0.05) is 53.2 Å². The van der Waals surface area contributed by atoms with Gasteiger partial charge >= 0.3 is 0 Å². The van der Waals surface area contributed by atoms with E-state index in [1.54, 1.807) is 0 Å². The number of benzene rings is 2. The highest BCUT2D eigenvalue weighted by Gasteiger charge is 2.11. The Bertz CT molecular complexity index is 564. The van der Waals surface area contributed by atoms with E-state index in [4.69, 9.17) is 0 Å². The van der Waals surface area contributed by atoms with E-state index in [1.165, 1.54) is 16.8 Å². The molecule has 112 valence electrons. The highest BCUT2D eigenvalue weighted by Crippen LogP contribution is 2.26. The third-order valence-corrected chi connectivity index (χ3v) is 4.04. The summed E-state index contributed by atoms with van der Waals surface area (Å²) in [6.07, 6.45) is 1.05. The van der Waals surface area contributed by atoms with Crippen molar-refractivity contribution in [1.29, 1.82) is 0 Å². The molecule has 0 saturated heterocycles. The maximum Gasteiger partial charge on any atom is 0.0511 e. The second-order valence-corrected chi connectivity index (χ2v) is 6.47. The van der Waals surface area contributed by atoms with Gasteiger partial charge in [-0.15, -0.1) is 0 Å². The smallest absolute Gasteiger partial charge is 0.0511 e. The predicted molar refractivity (Wildman–Crippen MR) is 94.6 cm³/mol. The SMILES string of the molecule is CCC(Nc1ccccc1CN(C)C)c1ccc(Br)cc1. The first-order valence-corrected chi connectivity index (χ1v) is 8.14. The van der Waals surface area contributed by atoms with Crippen LogP contribution in [-0.4, -0.2) is 19.0 Å². The first kappa shape index (κ1) is 16.1. The fraction of sp³-hybridized carbons (Fsp3) is 0.333. The number of nitrogens with zero attached hydrogens (tertiary/aromatic N) is 1. The van der Waals surface area contributed by atoms with Crippen molar-refractivity contribution < 1.29 is 0 Å². The Hall–Kier alpha value is -1.32. The van der Waals surface area contributed by atoms with E-state index >= 15 is 0 Å². The first-order valence-electron chi connectivity index (χ1n) is 7.34. The molecule has 1 unspecified atom stereocenters. The molecular formula is C18H23BrN2. The van der Waals surface area contributed by atoms with Crippen molar-refractivity contribution >= 4 is 21.6 Å². The molecule has 0 bridgehead atoms. The topological polar surface area (TPSA) is 15.3 Å². The van der Waals surface area contributed by atoms with E-state index in [1.807, 2.05) is 0 Å². The lowest BCUT2D eigenvalue weighted by atomic mass is 10.0. The molecule has 21 heavy (non-hydrogen) atoms. The minimum atomic E-state index is 0.335. The molecule has 0 aliphatic heterocycles. The number of halogens is 1. The molecule has 0 aromatic heterocycles. The number of para-hydroxylation sites is 1. The van der Waals surface area contributed by atoms with Crippen LogP contribution in [0.3, 0.4) is 0 Å². The lowest BCUT2D eigenvalue weighted by Gasteiger charge is -2.22. The largest absolute Gasteiger partial charge is 0.378 e. The summed E-state index contributed by atoms with van der Waals surface area (Å²) in [5.74, 6) is 0. The van der Waals surface area contributed by atoms with E-state index in [0.717, 1.165) is 17.4 Å².